The zero-order chi connectivity index (χ0) is 66.9. The highest BCUT2D eigenvalue weighted by Gasteiger charge is 2.35. The highest BCUT2D eigenvalue weighted by molar-refractivity contribution is 6.15. The molecule has 4 heterocycles. The van der Waals surface area contributed by atoms with Crippen LogP contribution >= 0.6 is 0 Å². The monoisotopic (exact) mass is 1290 g/mol. The van der Waals surface area contributed by atoms with E-state index in [-0.39, 0.29) is 5.41 Å². The van der Waals surface area contributed by atoms with Crippen LogP contribution in [-0.4, -0.2) is 18.3 Å². The van der Waals surface area contributed by atoms with Gasteiger partial charge in [0.15, 0.2) is 0 Å². The van der Waals surface area contributed by atoms with Crippen molar-refractivity contribution in [3.8, 4) is 78.4 Å². The summed E-state index contributed by atoms with van der Waals surface area (Å²) in [5.74, 6) is 0. The maximum Gasteiger partial charge on any atom is 0.0541 e. The molecular weight excluding hydrogens is 1220 g/mol. The van der Waals surface area contributed by atoms with E-state index >= 15 is 0 Å². The van der Waals surface area contributed by atoms with E-state index in [9.17, 15) is 0 Å². The molecule has 1 aliphatic rings. The van der Waals surface area contributed by atoms with Gasteiger partial charge in [0.1, 0.15) is 0 Å². The van der Waals surface area contributed by atoms with Crippen molar-refractivity contribution in [1.82, 2.24) is 18.3 Å². The Hall–Kier alpha value is -13.0. The summed E-state index contributed by atoms with van der Waals surface area (Å²) >= 11 is 0. The molecule has 4 heteroatoms. The van der Waals surface area contributed by atoms with Crippen molar-refractivity contribution in [2.75, 3.05) is 0 Å². The number of nitrogens with zero attached hydrogens (tertiary/aromatic N) is 4. The minimum absolute atomic E-state index is 0.0543. The molecule has 21 rings (SSSR count). The molecule has 0 saturated carbocycles. The number of hydrogen-bond acceptors (Lipinski definition) is 0. The first-order chi connectivity index (χ1) is 49.8. The average Bonchev–Trinajstić information content (AvgIpc) is 1.58. The van der Waals surface area contributed by atoms with Crippen molar-refractivity contribution in [3.63, 3.8) is 0 Å². The fourth-order valence-electron chi connectivity index (χ4n) is 16.7. The molecule has 4 aromatic heterocycles. The molecule has 0 amide bonds. The minimum Gasteiger partial charge on any atom is -0.309 e. The third-order valence-corrected chi connectivity index (χ3v) is 21.6. The molecule has 16 aromatic carbocycles. The van der Waals surface area contributed by atoms with Crippen LogP contribution in [-0.2, 0) is 5.41 Å². The molecule has 474 valence electrons. The van der Waals surface area contributed by atoms with E-state index < -0.39 is 0 Å². The molecule has 0 unspecified atom stereocenters. The van der Waals surface area contributed by atoms with E-state index in [0.29, 0.717) is 0 Å². The fourth-order valence-corrected chi connectivity index (χ4v) is 16.7. The van der Waals surface area contributed by atoms with Crippen molar-refractivity contribution in [1.29, 1.82) is 0 Å². The Kier molecular flexibility index (Phi) is 13.3. The maximum absolute atomic E-state index is 2.45. The Labute approximate surface area is 585 Å². The SMILES string of the molecule is CC1(C)c2ccccc2-c2ccc(-n3c4ccccc4c4cc(-c5ccc6c(c5)c5ccccc5n6-c5ccc(-c6ccccc6)cc5)ccc43)cc21.c1ccc(-c2ccc(-n3c4ccccc4c4cc(-c5ccc6c(c5)c5ccccc5n6-c5ccc6ccccc6c5)ccc43)cc2)cc1. The first kappa shape index (κ1) is 58.2. The van der Waals surface area contributed by atoms with E-state index in [4.69, 9.17) is 0 Å². The van der Waals surface area contributed by atoms with Crippen LogP contribution < -0.4 is 0 Å². The van der Waals surface area contributed by atoms with Crippen LogP contribution in [0.3, 0.4) is 0 Å². The first-order valence-corrected chi connectivity index (χ1v) is 35.0. The van der Waals surface area contributed by atoms with Gasteiger partial charge in [-0.15, -0.1) is 0 Å². The zero-order valence-corrected chi connectivity index (χ0v) is 55.9. The molecule has 0 N–H and O–H groups in total. The molecule has 1 aliphatic carbocycles. The second-order valence-corrected chi connectivity index (χ2v) is 27.6. The lowest BCUT2D eigenvalue weighted by Crippen LogP contribution is -2.15. The average molecular weight is 1290 g/mol. The van der Waals surface area contributed by atoms with E-state index in [0.717, 1.165) is 11.4 Å². The van der Waals surface area contributed by atoms with Crippen molar-refractivity contribution >= 4 is 98.0 Å². The second kappa shape index (κ2) is 23.1. The van der Waals surface area contributed by atoms with Crippen molar-refractivity contribution < 1.29 is 0 Å². The number of hydrogen-bond donors (Lipinski definition) is 0. The lowest BCUT2D eigenvalue weighted by atomic mass is 9.82. The van der Waals surface area contributed by atoms with Crippen LogP contribution in [0.1, 0.15) is 25.0 Å². The topological polar surface area (TPSA) is 19.7 Å². The molecule has 0 saturated heterocycles. The summed E-state index contributed by atoms with van der Waals surface area (Å²) in [6, 6.07) is 133. The summed E-state index contributed by atoms with van der Waals surface area (Å²) in [5, 5.41) is 12.6. The quantitative estimate of drug-likeness (QED) is 0.144. The van der Waals surface area contributed by atoms with Crippen LogP contribution in [0.25, 0.3) is 176 Å². The summed E-state index contributed by atoms with van der Waals surface area (Å²) in [4.78, 5) is 0. The van der Waals surface area contributed by atoms with Crippen molar-refractivity contribution in [2.24, 2.45) is 0 Å². The summed E-state index contributed by atoms with van der Waals surface area (Å²) < 4.78 is 9.65. The molecule has 0 atom stereocenters. The number of fused-ring (bicyclic) bond motifs is 16. The highest BCUT2D eigenvalue weighted by Crippen LogP contribution is 2.50. The maximum atomic E-state index is 2.45. The summed E-state index contributed by atoms with van der Waals surface area (Å²) in [6.45, 7) is 4.71. The Morgan fingerprint density at radius 1 is 0.178 bits per heavy atom. The molecule has 0 radical (unpaired) electrons. The standard InChI is InChI=1S/C51H36N2.C46H30N2/c1-51(2)45-17-9-6-14-39(45)40-27-26-38(32-46(40)51)53-48-19-11-8-16-42(48)44-31-36(23-29-50(44)53)35-22-28-49-43(30-35)41-15-7-10-18-47(41)52(49)37-24-20-34(21-25-37)33-12-4-3-5-13-33;1-2-10-31(11-3-1)33-18-23-37(24-19-33)47-43-16-8-6-14-39(43)41-29-35(21-26-45(41)47)36-22-27-46-42(30-36)40-15-7-9-17-44(40)48(46)38-25-20-32-12-4-5-13-34(32)28-38/h3-32H,1-2H3;1-30H. The lowest BCUT2D eigenvalue weighted by Gasteiger charge is -2.22. The smallest absolute Gasteiger partial charge is 0.0541 e. The van der Waals surface area contributed by atoms with Crippen LogP contribution in [0.15, 0.2) is 364 Å². The third-order valence-electron chi connectivity index (χ3n) is 21.6. The van der Waals surface area contributed by atoms with Crippen molar-refractivity contribution in [2.45, 2.75) is 19.3 Å². The Morgan fingerprint density at radius 3 is 0.911 bits per heavy atom. The molecule has 4 nitrogen and oxygen atoms in total. The largest absolute Gasteiger partial charge is 0.309 e. The lowest BCUT2D eigenvalue weighted by molar-refractivity contribution is 0.660. The molecule has 0 spiro atoms. The molecule has 20 aromatic rings. The van der Waals surface area contributed by atoms with Gasteiger partial charge < -0.3 is 18.3 Å². The zero-order valence-electron chi connectivity index (χ0n) is 55.9. The van der Waals surface area contributed by atoms with E-state index in [1.54, 1.807) is 0 Å². The van der Waals surface area contributed by atoms with Gasteiger partial charge >= 0.3 is 0 Å². The number of rotatable bonds is 8. The van der Waals surface area contributed by atoms with Gasteiger partial charge in [0, 0.05) is 71.3 Å². The third kappa shape index (κ3) is 9.37. The number of aromatic nitrogens is 4. The van der Waals surface area contributed by atoms with Gasteiger partial charge in [-0.3, -0.25) is 0 Å². The van der Waals surface area contributed by atoms with Gasteiger partial charge in [0.2, 0.25) is 0 Å². The number of benzene rings is 16. The van der Waals surface area contributed by atoms with Gasteiger partial charge in [-0.2, -0.15) is 0 Å². The van der Waals surface area contributed by atoms with Crippen LogP contribution in [0.2, 0.25) is 0 Å². The van der Waals surface area contributed by atoms with Crippen LogP contribution in [0, 0.1) is 0 Å². The molecule has 0 fully saturated rings. The van der Waals surface area contributed by atoms with Crippen molar-refractivity contribution in [3.05, 3.63) is 375 Å². The fraction of sp³-hybridized carbons (Fsp3) is 0.0309. The second-order valence-electron chi connectivity index (χ2n) is 27.6. The van der Waals surface area contributed by atoms with Crippen LogP contribution in [0.4, 0.5) is 0 Å². The van der Waals surface area contributed by atoms with Gasteiger partial charge in [0.05, 0.1) is 44.1 Å². The highest BCUT2D eigenvalue weighted by atomic mass is 15.0. The predicted octanol–water partition coefficient (Wildman–Crippen LogP) is 25.9. The predicted molar refractivity (Wildman–Crippen MR) is 427 cm³/mol. The van der Waals surface area contributed by atoms with E-state index in [1.807, 2.05) is 0 Å². The van der Waals surface area contributed by atoms with Crippen LogP contribution in [0.5, 0.6) is 0 Å². The molecule has 101 heavy (non-hydrogen) atoms. The Morgan fingerprint density at radius 2 is 0.475 bits per heavy atom. The summed E-state index contributed by atoms with van der Waals surface area (Å²) in [5.41, 5.74) is 29.7. The summed E-state index contributed by atoms with van der Waals surface area (Å²) in [7, 11) is 0. The first-order valence-electron chi connectivity index (χ1n) is 35.0. The minimum atomic E-state index is -0.0543. The van der Waals surface area contributed by atoms with Gasteiger partial charge in [-0.05, 0) is 199 Å². The van der Waals surface area contributed by atoms with E-state index in [1.165, 1.54) is 176 Å². The Bertz CT molecular complexity index is 6700. The van der Waals surface area contributed by atoms with E-state index in [2.05, 4.69) is 396 Å². The summed E-state index contributed by atoms with van der Waals surface area (Å²) in [6.07, 6.45) is 0. The normalized spacial score (nSPS) is 12.5. The number of para-hydroxylation sites is 4. The molecular formula is C97H66N4. The van der Waals surface area contributed by atoms with Gasteiger partial charge in [0.25, 0.3) is 0 Å². The van der Waals surface area contributed by atoms with Gasteiger partial charge in [-0.25, -0.2) is 0 Å². The van der Waals surface area contributed by atoms with Gasteiger partial charge in [-0.1, -0.05) is 257 Å². The molecule has 0 aliphatic heterocycles. The Balaban J connectivity index is 0.000000136. The molecule has 0 bridgehead atoms.